The Kier molecular flexibility index (Phi) is 3.03. The number of fused-ring (bicyclic) bond motifs is 3. The summed E-state index contributed by atoms with van der Waals surface area (Å²) < 4.78 is 5.77. The van der Waals surface area contributed by atoms with Crippen LogP contribution in [0.4, 0.5) is 0 Å². The molecule has 4 atom stereocenters. The van der Waals surface area contributed by atoms with Crippen LogP contribution in [0.25, 0.3) is 11.1 Å². The maximum absolute atomic E-state index is 6.34. The van der Waals surface area contributed by atoms with E-state index in [-0.39, 0.29) is 6.04 Å². The van der Waals surface area contributed by atoms with E-state index in [1.807, 2.05) is 24.3 Å². The second kappa shape index (κ2) is 4.88. The molecule has 0 saturated heterocycles. The molecule has 4 rings (SSSR count). The van der Waals surface area contributed by atoms with E-state index in [0.29, 0.717) is 0 Å². The van der Waals surface area contributed by atoms with E-state index in [1.54, 1.807) is 0 Å². The van der Waals surface area contributed by atoms with Crippen LogP contribution in [-0.2, 0) is 6.42 Å². The number of para-hydroxylation sites is 2. The molecule has 2 saturated carbocycles. The third kappa shape index (κ3) is 2.24. The first kappa shape index (κ1) is 12.4. The fourth-order valence-corrected chi connectivity index (χ4v) is 4.37. The highest BCUT2D eigenvalue weighted by atomic mass is 16.3. The van der Waals surface area contributed by atoms with Gasteiger partial charge in [0.15, 0.2) is 11.5 Å². The van der Waals surface area contributed by atoms with Crippen molar-refractivity contribution in [3.8, 4) is 0 Å². The maximum Gasteiger partial charge on any atom is 0.197 e. The number of nitrogens with two attached hydrogens (primary N) is 1. The second-order valence-corrected chi connectivity index (χ2v) is 6.71. The third-order valence-corrected chi connectivity index (χ3v) is 5.27. The highest BCUT2D eigenvalue weighted by molar-refractivity contribution is 5.72. The van der Waals surface area contributed by atoms with Crippen LogP contribution < -0.4 is 5.73 Å². The average Bonchev–Trinajstić information content (AvgIpc) is 3.11. The molecule has 2 bridgehead atoms. The zero-order chi connectivity index (χ0) is 13.5. The summed E-state index contributed by atoms with van der Waals surface area (Å²) in [6.45, 7) is 0. The molecule has 1 aromatic carbocycles. The molecule has 2 aliphatic carbocycles. The van der Waals surface area contributed by atoms with Gasteiger partial charge in [0.2, 0.25) is 0 Å². The first-order valence-corrected chi connectivity index (χ1v) is 7.88. The minimum absolute atomic E-state index is 0.187. The summed E-state index contributed by atoms with van der Waals surface area (Å²) in [7, 11) is 0. The Balaban J connectivity index is 1.40. The van der Waals surface area contributed by atoms with Gasteiger partial charge >= 0.3 is 0 Å². The van der Waals surface area contributed by atoms with Crippen molar-refractivity contribution in [3.05, 3.63) is 30.2 Å². The summed E-state index contributed by atoms with van der Waals surface area (Å²) in [5.74, 6) is 3.60. The van der Waals surface area contributed by atoms with E-state index in [1.165, 1.54) is 25.7 Å². The zero-order valence-corrected chi connectivity index (χ0v) is 11.8. The van der Waals surface area contributed by atoms with Gasteiger partial charge in [0, 0.05) is 12.5 Å². The predicted molar refractivity (Wildman–Crippen MR) is 79.2 cm³/mol. The van der Waals surface area contributed by atoms with Crippen molar-refractivity contribution in [1.29, 1.82) is 0 Å². The number of oxazole rings is 1. The van der Waals surface area contributed by atoms with Gasteiger partial charge in [0.25, 0.3) is 0 Å². The number of nitrogens with zero attached hydrogens (tertiary/aromatic N) is 1. The SMILES string of the molecule is NC(Cc1nc2ccccc2o1)CC1CC2CCC1C2. The van der Waals surface area contributed by atoms with Crippen molar-refractivity contribution < 1.29 is 4.42 Å². The lowest BCUT2D eigenvalue weighted by atomic mass is 9.84. The van der Waals surface area contributed by atoms with Crippen LogP contribution in [0.2, 0.25) is 0 Å². The molecule has 20 heavy (non-hydrogen) atoms. The summed E-state index contributed by atoms with van der Waals surface area (Å²) in [5.41, 5.74) is 8.15. The topological polar surface area (TPSA) is 52.0 Å². The highest BCUT2D eigenvalue weighted by Gasteiger charge is 2.39. The Hall–Kier alpha value is -1.35. The van der Waals surface area contributed by atoms with Crippen molar-refractivity contribution in [2.24, 2.45) is 23.5 Å². The predicted octanol–water partition coefficient (Wildman–Crippen LogP) is 3.52. The van der Waals surface area contributed by atoms with Crippen LogP contribution in [0.3, 0.4) is 0 Å². The first-order chi connectivity index (χ1) is 9.78. The molecular formula is C17H22N2O. The Labute approximate surface area is 119 Å². The zero-order valence-electron chi connectivity index (χ0n) is 11.8. The Morgan fingerprint density at radius 1 is 1.25 bits per heavy atom. The molecule has 1 heterocycles. The fraction of sp³-hybridized carbons (Fsp3) is 0.588. The standard InChI is InChI=1S/C17H22N2O/c18-14(9-13-8-11-5-6-12(13)7-11)10-17-19-15-3-1-2-4-16(15)20-17/h1-4,11-14H,5-10,18H2. The quantitative estimate of drug-likeness (QED) is 0.924. The van der Waals surface area contributed by atoms with Gasteiger partial charge in [-0.25, -0.2) is 4.98 Å². The van der Waals surface area contributed by atoms with Gasteiger partial charge in [-0.15, -0.1) is 0 Å². The summed E-state index contributed by atoms with van der Waals surface area (Å²) in [6.07, 6.45) is 7.67. The lowest BCUT2D eigenvalue weighted by Gasteiger charge is -2.24. The molecule has 106 valence electrons. The van der Waals surface area contributed by atoms with E-state index in [4.69, 9.17) is 10.2 Å². The van der Waals surface area contributed by atoms with Crippen LogP contribution in [-0.4, -0.2) is 11.0 Å². The maximum atomic E-state index is 6.34. The normalized spacial score (nSPS) is 30.1. The van der Waals surface area contributed by atoms with Crippen LogP contribution in [0.5, 0.6) is 0 Å². The monoisotopic (exact) mass is 270 g/mol. The van der Waals surface area contributed by atoms with Crippen molar-refractivity contribution in [1.82, 2.24) is 4.98 Å². The van der Waals surface area contributed by atoms with Crippen LogP contribution in [0, 0.1) is 17.8 Å². The molecule has 2 N–H and O–H groups in total. The lowest BCUT2D eigenvalue weighted by molar-refractivity contribution is 0.290. The van der Waals surface area contributed by atoms with Crippen LogP contribution >= 0.6 is 0 Å². The molecule has 3 heteroatoms. The molecule has 2 aliphatic rings. The van der Waals surface area contributed by atoms with E-state index in [9.17, 15) is 0 Å². The lowest BCUT2D eigenvalue weighted by Crippen LogP contribution is -2.28. The van der Waals surface area contributed by atoms with Gasteiger partial charge in [-0.3, -0.25) is 0 Å². The first-order valence-electron chi connectivity index (χ1n) is 7.88. The number of hydrogen-bond donors (Lipinski definition) is 1. The number of benzene rings is 1. The summed E-state index contributed by atoms with van der Waals surface area (Å²) in [5, 5.41) is 0. The van der Waals surface area contributed by atoms with Crippen molar-refractivity contribution in [3.63, 3.8) is 0 Å². The van der Waals surface area contributed by atoms with Crippen LogP contribution in [0.15, 0.2) is 28.7 Å². The second-order valence-electron chi connectivity index (χ2n) is 6.71. The minimum atomic E-state index is 0.187. The Morgan fingerprint density at radius 2 is 2.15 bits per heavy atom. The minimum Gasteiger partial charge on any atom is -0.441 e. The van der Waals surface area contributed by atoms with Crippen molar-refractivity contribution in [2.45, 2.75) is 44.6 Å². The van der Waals surface area contributed by atoms with E-state index in [2.05, 4.69) is 4.98 Å². The Morgan fingerprint density at radius 3 is 2.90 bits per heavy atom. The van der Waals surface area contributed by atoms with Gasteiger partial charge in [0.1, 0.15) is 5.52 Å². The largest absolute Gasteiger partial charge is 0.441 e. The molecule has 1 aromatic heterocycles. The smallest absolute Gasteiger partial charge is 0.197 e. The molecule has 2 fully saturated rings. The Bertz CT molecular complexity index is 573. The van der Waals surface area contributed by atoms with Crippen molar-refractivity contribution >= 4 is 11.1 Å². The van der Waals surface area contributed by atoms with E-state index >= 15 is 0 Å². The molecule has 0 aliphatic heterocycles. The number of aromatic nitrogens is 1. The average molecular weight is 270 g/mol. The van der Waals surface area contributed by atoms with Crippen LogP contribution in [0.1, 0.15) is 38.0 Å². The van der Waals surface area contributed by atoms with Gasteiger partial charge in [-0.2, -0.15) is 0 Å². The molecule has 3 nitrogen and oxygen atoms in total. The van der Waals surface area contributed by atoms with Gasteiger partial charge in [0.05, 0.1) is 0 Å². The molecule has 4 unspecified atom stereocenters. The molecule has 0 radical (unpaired) electrons. The molecule has 0 amide bonds. The van der Waals surface area contributed by atoms with Gasteiger partial charge in [-0.05, 0) is 55.6 Å². The molecular weight excluding hydrogens is 248 g/mol. The van der Waals surface area contributed by atoms with Crippen molar-refractivity contribution in [2.75, 3.05) is 0 Å². The highest BCUT2D eigenvalue weighted by Crippen LogP contribution is 2.49. The van der Waals surface area contributed by atoms with Gasteiger partial charge in [-0.1, -0.05) is 18.6 Å². The summed E-state index contributed by atoms with van der Waals surface area (Å²) in [4.78, 5) is 4.53. The van der Waals surface area contributed by atoms with E-state index in [0.717, 1.165) is 47.6 Å². The number of hydrogen-bond acceptors (Lipinski definition) is 3. The summed E-state index contributed by atoms with van der Waals surface area (Å²) >= 11 is 0. The van der Waals surface area contributed by atoms with E-state index < -0.39 is 0 Å². The number of rotatable bonds is 4. The molecule has 0 spiro atoms. The third-order valence-electron chi connectivity index (χ3n) is 5.27. The summed E-state index contributed by atoms with van der Waals surface area (Å²) in [6, 6.07) is 8.11. The van der Waals surface area contributed by atoms with Gasteiger partial charge < -0.3 is 10.2 Å². The molecule has 2 aromatic rings. The fourth-order valence-electron chi connectivity index (χ4n) is 4.37.